The van der Waals surface area contributed by atoms with Crippen molar-refractivity contribution < 1.29 is 0 Å². The minimum Gasteiger partial charge on any atom is -0.290 e. The first-order valence-electron chi connectivity index (χ1n) is 6.95. The first-order chi connectivity index (χ1) is 10.2. The summed E-state index contributed by atoms with van der Waals surface area (Å²) in [5.41, 5.74) is 2.84. The Balaban J connectivity index is 2.15. The maximum atomic E-state index is 12.6. The lowest BCUT2D eigenvalue weighted by atomic mass is 10.0. The van der Waals surface area contributed by atoms with Crippen LogP contribution in [-0.4, -0.2) is 19.5 Å². The van der Waals surface area contributed by atoms with Gasteiger partial charge in [0.15, 0.2) is 11.2 Å². The molecule has 106 valence electrons. The summed E-state index contributed by atoms with van der Waals surface area (Å²) in [4.78, 5) is 25.0. The highest BCUT2D eigenvalue weighted by atomic mass is 16.1. The molecule has 0 radical (unpaired) electrons. The normalized spacial score (nSPS) is 12.5. The molecule has 3 aromatic rings. The van der Waals surface area contributed by atoms with Crippen LogP contribution in [0.3, 0.4) is 0 Å². The van der Waals surface area contributed by atoms with Crippen LogP contribution in [0.1, 0.15) is 30.5 Å². The first-order valence-corrected chi connectivity index (χ1v) is 6.95. The van der Waals surface area contributed by atoms with E-state index in [-0.39, 0.29) is 11.6 Å². The van der Waals surface area contributed by atoms with Gasteiger partial charge in [-0.1, -0.05) is 36.8 Å². The Kier molecular flexibility index (Phi) is 3.48. The fourth-order valence-electron chi connectivity index (χ4n) is 2.47. The standard InChI is InChI=1S/C16H16N4O/c1-3-13(12-6-4-11(2)5-7-12)20-10-19-15-14(16(20)21)17-8-9-18-15/h4-10,13H,3H2,1-2H3. The van der Waals surface area contributed by atoms with Crippen LogP contribution in [0.25, 0.3) is 11.2 Å². The van der Waals surface area contributed by atoms with E-state index in [4.69, 9.17) is 0 Å². The van der Waals surface area contributed by atoms with Crippen molar-refractivity contribution in [2.45, 2.75) is 26.3 Å². The molecule has 0 amide bonds. The quantitative estimate of drug-likeness (QED) is 0.739. The molecular formula is C16H16N4O. The van der Waals surface area contributed by atoms with Crippen molar-refractivity contribution in [3.63, 3.8) is 0 Å². The maximum Gasteiger partial charge on any atom is 0.282 e. The molecule has 3 rings (SSSR count). The largest absolute Gasteiger partial charge is 0.290 e. The molecule has 0 saturated heterocycles. The molecule has 0 saturated carbocycles. The van der Waals surface area contributed by atoms with Gasteiger partial charge in [-0.05, 0) is 18.9 Å². The SMILES string of the molecule is CCC(c1ccc(C)cc1)n1cnc2nccnc2c1=O. The van der Waals surface area contributed by atoms with Crippen molar-refractivity contribution in [2.75, 3.05) is 0 Å². The monoisotopic (exact) mass is 280 g/mol. The lowest BCUT2D eigenvalue weighted by Gasteiger charge is -2.18. The van der Waals surface area contributed by atoms with Gasteiger partial charge in [0.25, 0.3) is 5.56 Å². The molecule has 1 atom stereocenters. The predicted molar refractivity (Wildman–Crippen MR) is 81.2 cm³/mol. The van der Waals surface area contributed by atoms with Crippen LogP contribution in [0.4, 0.5) is 0 Å². The second-order valence-electron chi connectivity index (χ2n) is 5.02. The molecule has 0 aliphatic rings. The van der Waals surface area contributed by atoms with Crippen LogP contribution >= 0.6 is 0 Å². The average Bonchev–Trinajstić information content (AvgIpc) is 2.52. The summed E-state index contributed by atoms with van der Waals surface area (Å²) in [5, 5.41) is 0. The minimum atomic E-state index is -0.152. The number of fused-ring (bicyclic) bond motifs is 1. The Morgan fingerprint density at radius 1 is 1.10 bits per heavy atom. The van der Waals surface area contributed by atoms with Crippen molar-refractivity contribution in [3.8, 4) is 0 Å². The van der Waals surface area contributed by atoms with Gasteiger partial charge in [0, 0.05) is 12.4 Å². The van der Waals surface area contributed by atoms with E-state index in [1.54, 1.807) is 10.9 Å². The molecule has 5 heteroatoms. The third-order valence-electron chi connectivity index (χ3n) is 3.61. The van der Waals surface area contributed by atoms with Gasteiger partial charge < -0.3 is 0 Å². The van der Waals surface area contributed by atoms with Gasteiger partial charge in [0.1, 0.15) is 6.33 Å². The number of rotatable bonds is 3. The van der Waals surface area contributed by atoms with Gasteiger partial charge >= 0.3 is 0 Å². The molecule has 0 N–H and O–H groups in total. The van der Waals surface area contributed by atoms with E-state index >= 15 is 0 Å². The van der Waals surface area contributed by atoms with Crippen LogP contribution in [0.15, 0.2) is 47.8 Å². The van der Waals surface area contributed by atoms with E-state index in [0.29, 0.717) is 11.2 Å². The molecule has 2 heterocycles. The van der Waals surface area contributed by atoms with Gasteiger partial charge in [-0.2, -0.15) is 0 Å². The number of nitrogens with zero attached hydrogens (tertiary/aromatic N) is 4. The van der Waals surface area contributed by atoms with Gasteiger partial charge in [-0.15, -0.1) is 0 Å². The third-order valence-corrected chi connectivity index (χ3v) is 3.61. The van der Waals surface area contributed by atoms with Gasteiger partial charge in [0.2, 0.25) is 0 Å². The van der Waals surface area contributed by atoms with Crippen molar-refractivity contribution >= 4 is 11.2 Å². The fourth-order valence-corrected chi connectivity index (χ4v) is 2.47. The highest BCUT2D eigenvalue weighted by Crippen LogP contribution is 2.20. The van der Waals surface area contributed by atoms with E-state index in [9.17, 15) is 4.79 Å². The highest BCUT2D eigenvalue weighted by Gasteiger charge is 2.15. The molecule has 0 aliphatic carbocycles. The molecule has 1 aromatic carbocycles. The molecule has 0 fully saturated rings. The molecule has 0 spiro atoms. The van der Waals surface area contributed by atoms with E-state index in [0.717, 1.165) is 12.0 Å². The van der Waals surface area contributed by atoms with Crippen LogP contribution in [0.5, 0.6) is 0 Å². The molecule has 0 aliphatic heterocycles. The minimum absolute atomic E-state index is 0.0444. The zero-order valence-corrected chi connectivity index (χ0v) is 12.0. The second-order valence-corrected chi connectivity index (χ2v) is 5.02. The number of hydrogen-bond donors (Lipinski definition) is 0. The second kappa shape index (κ2) is 5.44. The van der Waals surface area contributed by atoms with Crippen molar-refractivity contribution in [2.24, 2.45) is 0 Å². The van der Waals surface area contributed by atoms with Gasteiger partial charge in [0.05, 0.1) is 6.04 Å². The summed E-state index contributed by atoms with van der Waals surface area (Å²) in [5.74, 6) is 0. The molecular weight excluding hydrogens is 264 g/mol. The van der Waals surface area contributed by atoms with Crippen molar-refractivity contribution in [3.05, 3.63) is 64.5 Å². The molecule has 2 aromatic heterocycles. The van der Waals surface area contributed by atoms with Gasteiger partial charge in [-0.25, -0.2) is 15.0 Å². The summed E-state index contributed by atoms with van der Waals surface area (Å²) in [6.07, 6.45) is 5.42. The smallest absolute Gasteiger partial charge is 0.282 e. The first kappa shape index (κ1) is 13.4. The van der Waals surface area contributed by atoms with E-state index in [2.05, 4.69) is 46.1 Å². The number of aryl methyl sites for hydroxylation is 1. The van der Waals surface area contributed by atoms with Crippen LogP contribution in [0, 0.1) is 6.92 Å². The van der Waals surface area contributed by atoms with E-state index in [1.165, 1.54) is 18.0 Å². The summed E-state index contributed by atoms with van der Waals surface area (Å²) in [7, 11) is 0. The topological polar surface area (TPSA) is 60.7 Å². The van der Waals surface area contributed by atoms with Crippen molar-refractivity contribution in [1.82, 2.24) is 19.5 Å². The summed E-state index contributed by atoms with van der Waals surface area (Å²) in [6, 6.07) is 8.17. The average molecular weight is 280 g/mol. The Bertz CT molecular complexity index is 824. The van der Waals surface area contributed by atoms with Crippen LogP contribution < -0.4 is 5.56 Å². The van der Waals surface area contributed by atoms with E-state index in [1.807, 2.05) is 6.92 Å². The van der Waals surface area contributed by atoms with E-state index < -0.39 is 0 Å². The Labute approximate surface area is 122 Å². The zero-order valence-electron chi connectivity index (χ0n) is 12.0. The Morgan fingerprint density at radius 2 is 1.81 bits per heavy atom. The van der Waals surface area contributed by atoms with Crippen molar-refractivity contribution in [1.29, 1.82) is 0 Å². The van der Waals surface area contributed by atoms with Crippen LogP contribution in [0.2, 0.25) is 0 Å². The highest BCUT2D eigenvalue weighted by molar-refractivity contribution is 5.67. The third kappa shape index (κ3) is 2.42. The number of benzene rings is 1. The summed E-state index contributed by atoms with van der Waals surface area (Å²) in [6.45, 7) is 4.10. The number of aromatic nitrogens is 4. The molecule has 1 unspecified atom stereocenters. The predicted octanol–water partition coefficient (Wildman–Crippen LogP) is 2.49. The fraction of sp³-hybridized carbons (Fsp3) is 0.250. The van der Waals surface area contributed by atoms with Gasteiger partial charge in [-0.3, -0.25) is 9.36 Å². The molecule has 0 bridgehead atoms. The van der Waals surface area contributed by atoms with Crippen LogP contribution in [-0.2, 0) is 0 Å². The molecule has 5 nitrogen and oxygen atoms in total. The number of hydrogen-bond acceptors (Lipinski definition) is 4. The zero-order chi connectivity index (χ0) is 14.8. The lowest BCUT2D eigenvalue weighted by Crippen LogP contribution is -2.26. The Hall–Kier alpha value is -2.56. The summed E-state index contributed by atoms with van der Waals surface area (Å²) < 4.78 is 1.64. The summed E-state index contributed by atoms with van der Waals surface area (Å²) >= 11 is 0. The Morgan fingerprint density at radius 3 is 2.52 bits per heavy atom. The lowest BCUT2D eigenvalue weighted by molar-refractivity contribution is 0.543. The molecule has 21 heavy (non-hydrogen) atoms. The maximum absolute atomic E-state index is 12.6.